The van der Waals surface area contributed by atoms with Crippen molar-refractivity contribution < 1.29 is 23.1 Å². The van der Waals surface area contributed by atoms with Crippen LogP contribution in [0.15, 0.2) is 30.6 Å². The summed E-state index contributed by atoms with van der Waals surface area (Å²) in [6.45, 7) is 2.19. The van der Waals surface area contributed by atoms with E-state index in [1.54, 1.807) is 19.2 Å². The Morgan fingerprint density at radius 2 is 2.00 bits per heavy atom. The number of carboxylic acids is 1. The molecular weight excluding hydrogens is 411 g/mol. The Labute approximate surface area is 177 Å². The second kappa shape index (κ2) is 8.26. The summed E-state index contributed by atoms with van der Waals surface area (Å²) in [5, 5.41) is 16.7. The number of rotatable bonds is 6. The third-order valence-electron chi connectivity index (χ3n) is 6.13. The number of aromatic carboxylic acids is 1. The van der Waals surface area contributed by atoms with Crippen molar-refractivity contribution in [2.24, 2.45) is 0 Å². The molecule has 1 unspecified atom stereocenters. The molecule has 1 saturated heterocycles. The summed E-state index contributed by atoms with van der Waals surface area (Å²) in [6, 6.07) is 5.31. The van der Waals surface area contributed by atoms with E-state index in [0.717, 1.165) is 16.2 Å². The third-order valence-corrected chi connectivity index (χ3v) is 6.13. The van der Waals surface area contributed by atoms with Gasteiger partial charge in [-0.2, -0.15) is 5.10 Å². The van der Waals surface area contributed by atoms with Crippen molar-refractivity contribution in [1.29, 1.82) is 0 Å². The summed E-state index contributed by atoms with van der Waals surface area (Å²) in [7, 11) is 1.86. The molecule has 31 heavy (non-hydrogen) atoms. The highest BCUT2D eigenvalue weighted by atomic mass is 19.3. The van der Waals surface area contributed by atoms with Crippen LogP contribution in [0.1, 0.15) is 28.8 Å². The van der Waals surface area contributed by atoms with E-state index in [4.69, 9.17) is 0 Å². The van der Waals surface area contributed by atoms with Gasteiger partial charge in [0.05, 0.1) is 16.8 Å². The highest BCUT2D eigenvalue weighted by Crippen LogP contribution is 2.34. The number of piperidine rings is 1. The lowest BCUT2D eigenvalue weighted by molar-refractivity contribution is -0.0573. The molecule has 0 radical (unpaired) electrons. The van der Waals surface area contributed by atoms with Crippen LogP contribution in [0.5, 0.6) is 0 Å². The first-order valence-corrected chi connectivity index (χ1v) is 10.1. The number of aromatic amines is 1. The van der Waals surface area contributed by atoms with Crippen LogP contribution in [0.4, 0.5) is 19.0 Å². The Balaban J connectivity index is 1.71. The van der Waals surface area contributed by atoms with Crippen molar-refractivity contribution in [1.82, 2.24) is 19.5 Å². The Morgan fingerprint density at radius 3 is 2.58 bits per heavy atom. The smallest absolute Gasteiger partial charge is 0.336 e. The molecule has 0 amide bonds. The number of likely N-dealkylation sites (tertiary alicyclic amines) is 1. The SMILES string of the molecule is Cc1c(C(=O)O)cc2c(-c3ccn[nH]3)ccn2c1N(C)C1CCN(C(F)C(F)F)CC1. The maximum Gasteiger partial charge on any atom is 0.336 e. The molecule has 1 aliphatic rings. The lowest BCUT2D eigenvalue weighted by Crippen LogP contribution is -2.48. The number of hydrogen-bond acceptors (Lipinski definition) is 4. The van der Waals surface area contributed by atoms with Gasteiger partial charge in [-0.25, -0.2) is 18.0 Å². The number of halogens is 3. The molecule has 3 aromatic heterocycles. The van der Waals surface area contributed by atoms with Gasteiger partial charge in [-0.3, -0.25) is 10.00 Å². The molecule has 1 aliphatic heterocycles. The van der Waals surface area contributed by atoms with Gasteiger partial charge in [0.25, 0.3) is 6.43 Å². The molecule has 0 bridgehead atoms. The van der Waals surface area contributed by atoms with E-state index in [1.807, 2.05) is 34.7 Å². The molecule has 3 aromatic rings. The number of anilines is 1. The molecule has 0 saturated carbocycles. The third kappa shape index (κ3) is 3.76. The van der Waals surface area contributed by atoms with E-state index < -0.39 is 18.7 Å². The zero-order chi connectivity index (χ0) is 22.3. The van der Waals surface area contributed by atoms with Gasteiger partial charge in [0.15, 0.2) is 0 Å². The van der Waals surface area contributed by atoms with Crippen LogP contribution in [-0.4, -0.2) is 69.5 Å². The van der Waals surface area contributed by atoms with Crippen LogP contribution >= 0.6 is 0 Å². The van der Waals surface area contributed by atoms with Gasteiger partial charge < -0.3 is 14.4 Å². The summed E-state index contributed by atoms with van der Waals surface area (Å²) >= 11 is 0. The minimum atomic E-state index is -3.02. The number of carbonyl (C=O) groups is 1. The summed E-state index contributed by atoms with van der Waals surface area (Å²) in [5.74, 6) is -0.316. The number of fused-ring (bicyclic) bond motifs is 1. The lowest BCUT2D eigenvalue weighted by atomic mass is 10.0. The molecule has 4 heterocycles. The fourth-order valence-corrected chi connectivity index (χ4v) is 4.46. The van der Waals surface area contributed by atoms with Crippen LogP contribution in [0.3, 0.4) is 0 Å². The summed E-state index contributed by atoms with van der Waals surface area (Å²) < 4.78 is 41.0. The van der Waals surface area contributed by atoms with Crippen LogP contribution in [-0.2, 0) is 0 Å². The van der Waals surface area contributed by atoms with Crippen molar-refractivity contribution in [2.75, 3.05) is 25.0 Å². The molecule has 7 nitrogen and oxygen atoms in total. The van der Waals surface area contributed by atoms with Gasteiger partial charge in [0, 0.05) is 49.7 Å². The maximum absolute atomic E-state index is 13.7. The second-order valence-corrected chi connectivity index (χ2v) is 7.85. The van der Waals surface area contributed by atoms with Gasteiger partial charge in [0.1, 0.15) is 5.82 Å². The van der Waals surface area contributed by atoms with Crippen molar-refractivity contribution in [3.63, 3.8) is 0 Å². The number of alkyl halides is 3. The standard InChI is InChI=1S/C21H24F3N5O2/c1-12-15(21(30)31)11-17-14(16-3-7-25-26-16)6-10-29(17)20(12)27(2)13-4-8-28(9-5-13)19(24)18(22)23/h3,6-7,10-11,13,18-19H,4-5,8-9H2,1-2H3,(H,25,26)(H,30,31). The quantitative estimate of drug-likeness (QED) is 0.576. The number of hydrogen-bond donors (Lipinski definition) is 2. The fourth-order valence-electron chi connectivity index (χ4n) is 4.46. The Kier molecular flexibility index (Phi) is 5.65. The fraction of sp³-hybridized carbons (Fsp3) is 0.429. The van der Waals surface area contributed by atoms with Crippen molar-refractivity contribution in [2.45, 2.75) is 38.5 Å². The topological polar surface area (TPSA) is 76.9 Å². The van der Waals surface area contributed by atoms with E-state index in [2.05, 4.69) is 10.2 Å². The number of pyridine rings is 1. The van der Waals surface area contributed by atoms with E-state index in [9.17, 15) is 23.1 Å². The molecule has 2 N–H and O–H groups in total. The number of nitrogens with one attached hydrogen (secondary N) is 1. The van der Waals surface area contributed by atoms with Gasteiger partial charge in [0.2, 0.25) is 6.30 Å². The Hall–Kier alpha value is -3.01. The zero-order valence-electron chi connectivity index (χ0n) is 17.2. The van der Waals surface area contributed by atoms with Crippen molar-refractivity contribution in [3.8, 4) is 11.3 Å². The number of carboxylic acid groups (broad SMARTS) is 1. The molecule has 166 valence electrons. The van der Waals surface area contributed by atoms with Gasteiger partial charge in [-0.05, 0) is 38.0 Å². The first-order valence-electron chi connectivity index (χ1n) is 10.1. The molecule has 1 atom stereocenters. The van der Waals surface area contributed by atoms with Gasteiger partial charge in [-0.1, -0.05) is 0 Å². The highest BCUT2D eigenvalue weighted by Gasteiger charge is 2.33. The van der Waals surface area contributed by atoms with E-state index >= 15 is 0 Å². The summed E-state index contributed by atoms with van der Waals surface area (Å²) in [6.07, 6.45) is -0.781. The van der Waals surface area contributed by atoms with Crippen molar-refractivity contribution in [3.05, 3.63) is 41.7 Å². The minimum absolute atomic E-state index is 0.0370. The number of aromatic nitrogens is 3. The van der Waals surface area contributed by atoms with Crippen LogP contribution in [0.25, 0.3) is 16.8 Å². The average molecular weight is 435 g/mol. The van der Waals surface area contributed by atoms with E-state index in [-0.39, 0.29) is 24.7 Å². The molecule has 0 aliphatic carbocycles. The number of H-pyrrole nitrogens is 1. The molecule has 10 heteroatoms. The lowest BCUT2D eigenvalue weighted by Gasteiger charge is -2.39. The molecule has 0 spiro atoms. The Morgan fingerprint density at radius 1 is 1.29 bits per heavy atom. The predicted molar refractivity (Wildman–Crippen MR) is 111 cm³/mol. The molecule has 0 aromatic carbocycles. The second-order valence-electron chi connectivity index (χ2n) is 7.85. The zero-order valence-corrected chi connectivity index (χ0v) is 17.2. The van der Waals surface area contributed by atoms with Crippen molar-refractivity contribution >= 4 is 17.3 Å². The normalized spacial score (nSPS) is 16.8. The predicted octanol–water partition coefficient (Wildman–Crippen LogP) is 3.80. The average Bonchev–Trinajstić information content (AvgIpc) is 3.41. The first-order chi connectivity index (χ1) is 14.8. The van der Waals surface area contributed by atoms with Crippen LogP contribution in [0.2, 0.25) is 0 Å². The summed E-state index contributed by atoms with van der Waals surface area (Å²) in [5.41, 5.74) is 3.10. The monoisotopic (exact) mass is 435 g/mol. The molecule has 1 fully saturated rings. The van der Waals surface area contributed by atoms with Gasteiger partial charge in [-0.15, -0.1) is 0 Å². The Bertz CT molecular complexity index is 1070. The highest BCUT2D eigenvalue weighted by molar-refractivity contribution is 5.95. The van der Waals surface area contributed by atoms with Crippen LogP contribution in [0, 0.1) is 6.92 Å². The van der Waals surface area contributed by atoms with Gasteiger partial charge >= 0.3 is 5.97 Å². The number of nitrogens with zero attached hydrogens (tertiary/aromatic N) is 4. The van der Waals surface area contributed by atoms with E-state index in [1.165, 1.54) is 0 Å². The minimum Gasteiger partial charge on any atom is -0.478 e. The molecule has 4 rings (SSSR count). The largest absolute Gasteiger partial charge is 0.478 e. The van der Waals surface area contributed by atoms with Crippen LogP contribution < -0.4 is 4.90 Å². The summed E-state index contributed by atoms with van der Waals surface area (Å²) in [4.78, 5) is 15.1. The first kappa shape index (κ1) is 21.2. The van der Waals surface area contributed by atoms with E-state index in [0.29, 0.717) is 29.7 Å². The maximum atomic E-state index is 13.7. The molecular formula is C21H24F3N5O2.